The molecule has 0 aliphatic carbocycles. The number of rotatable bonds is 6. The van der Waals surface area contributed by atoms with Gasteiger partial charge < -0.3 is 10.5 Å². The molecule has 112 valence electrons. The van der Waals surface area contributed by atoms with Crippen LogP contribution in [0.15, 0.2) is 34.2 Å². The highest BCUT2D eigenvalue weighted by Gasteiger charge is 2.16. The molecule has 0 aliphatic rings. The second-order valence-electron chi connectivity index (χ2n) is 4.65. The maximum atomic E-state index is 12.6. The fourth-order valence-electron chi connectivity index (χ4n) is 2.07. The summed E-state index contributed by atoms with van der Waals surface area (Å²) in [7, 11) is 1.58. The highest BCUT2D eigenvalue weighted by atomic mass is 32.2. The van der Waals surface area contributed by atoms with Crippen molar-refractivity contribution in [3.8, 4) is 0 Å². The molecule has 2 aromatic rings. The highest BCUT2D eigenvalue weighted by Crippen LogP contribution is 2.20. The third-order valence-corrected chi connectivity index (χ3v) is 3.94. The van der Waals surface area contributed by atoms with Gasteiger partial charge in [-0.05, 0) is 19.1 Å². The average molecular weight is 307 g/mol. The lowest BCUT2D eigenvalue weighted by Gasteiger charge is -2.18. The standard InChI is InChI=1S/C14H17N3O3S/c1-9(7-20-2)17-13(19)10-5-3-4-6-11(10)16-14(17)21-8-12(15)18/h3-6,9H,7-8H2,1-2H3,(H2,15,18). The van der Waals surface area contributed by atoms with Crippen LogP contribution in [0, 0.1) is 0 Å². The SMILES string of the molecule is COCC(C)n1c(SCC(N)=O)nc2ccccc2c1=O. The summed E-state index contributed by atoms with van der Waals surface area (Å²) in [5.74, 6) is -0.377. The highest BCUT2D eigenvalue weighted by molar-refractivity contribution is 7.99. The second kappa shape index (κ2) is 6.73. The zero-order chi connectivity index (χ0) is 15.4. The van der Waals surface area contributed by atoms with Crippen molar-refractivity contribution in [1.29, 1.82) is 0 Å². The summed E-state index contributed by atoms with van der Waals surface area (Å²) in [5.41, 5.74) is 5.64. The molecule has 7 heteroatoms. The topological polar surface area (TPSA) is 87.2 Å². The van der Waals surface area contributed by atoms with Gasteiger partial charge in [-0.2, -0.15) is 0 Å². The smallest absolute Gasteiger partial charge is 0.262 e. The molecular weight excluding hydrogens is 290 g/mol. The van der Waals surface area contributed by atoms with Gasteiger partial charge in [-0.25, -0.2) is 4.98 Å². The van der Waals surface area contributed by atoms with E-state index in [0.717, 1.165) is 11.8 Å². The monoisotopic (exact) mass is 307 g/mol. The summed E-state index contributed by atoms with van der Waals surface area (Å²) in [4.78, 5) is 28.1. The second-order valence-corrected chi connectivity index (χ2v) is 5.59. The number of carbonyl (C=O) groups excluding carboxylic acids is 1. The summed E-state index contributed by atoms with van der Waals surface area (Å²) < 4.78 is 6.67. The Balaban J connectivity index is 2.59. The zero-order valence-corrected chi connectivity index (χ0v) is 12.7. The average Bonchev–Trinajstić information content (AvgIpc) is 2.45. The molecule has 1 amide bonds. The van der Waals surface area contributed by atoms with Crippen LogP contribution in [-0.4, -0.2) is 34.9 Å². The minimum Gasteiger partial charge on any atom is -0.383 e. The van der Waals surface area contributed by atoms with E-state index in [0.29, 0.717) is 22.7 Å². The van der Waals surface area contributed by atoms with Crippen LogP contribution < -0.4 is 11.3 Å². The van der Waals surface area contributed by atoms with Crippen molar-refractivity contribution < 1.29 is 9.53 Å². The number of nitrogens with two attached hydrogens (primary N) is 1. The molecule has 0 aliphatic heterocycles. The van der Waals surface area contributed by atoms with Gasteiger partial charge in [-0.3, -0.25) is 14.2 Å². The van der Waals surface area contributed by atoms with E-state index in [-0.39, 0.29) is 17.4 Å². The van der Waals surface area contributed by atoms with E-state index in [9.17, 15) is 9.59 Å². The van der Waals surface area contributed by atoms with Gasteiger partial charge in [0.15, 0.2) is 5.16 Å². The lowest BCUT2D eigenvalue weighted by Crippen LogP contribution is -2.29. The number of ether oxygens (including phenoxy) is 1. The molecule has 1 aromatic heterocycles. The quantitative estimate of drug-likeness (QED) is 0.639. The Morgan fingerprint density at radius 1 is 1.48 bits per heavy atom. The molecule has 6 nitrogen and oxygen atoms in total. The number of carbonyl (C=O) groups is 1. The maximum Gasteiger partial charge on any atom is 0.262 e. The van der Waals surface area contributed by atoms with Crippen molar-refractivity contribution in [3.63, 3.8) is 0 Å². The van der Waals surface area contributed by atoms with Crippen LogP contribution in [0.3, 0.4) is 0 Å². The Bertz CT molecular complexity index is 714. The molecule has 0 radical (unpaired) electrons. The minimum absolute atomic E-state index is 0.0739. The molecular formula is C14H17N3O3S. The van der Waals surface area contributed by atoms with Gasteiger partial charge in [0.2, 0.25) is 5.91 Å². The largest absolute Gasteiger partial charge is 0.383 e. The van der Waals surface area contributed by atoms with Gasteiger partial charge >= 0.3 is 0 Å². The number of nitrogens with zero attached hydrogens (tertiary/aromatic N) is 2. The number of fused-ring (bicyclic) bond motifs is 1. The van der Waals surface area contributed by atoms with Crippen LogP contribution in [0.1, 0.15) is 13.0 Å². The van der Waals surface area contributed by atoms with E-state index in [1.807, 2.05) is 13.0 Å². The van der Waals surface area contributed by atoms with Gasteiger partial charge in [0.25, 0.3) is 5.56 Å². The Morgan fingerprint density at radius 2 is 2.19 bits per heavy atom. The predicted molar refractivity (Wildman–Crippen MR) is 82.5 cm³/mol. The van der Waals surface area contributed by atoms with Crippen molar-refractivity contribution >= 4 is 28.6 Å². The molecule has 0 saturated heterocycles. The Morgan fingerprint density at radius 3 is 2.86 bits per heavy atom. The number of benzene rings is 1. The first-order chi connectivity index (χ1) is 10.0. The fourth-order valence-corrected chi connectivity index (χ4v) is 2.90. The number of para-hydroxylation sites is 1. The number of aromatic nitrogens is 2. The lowest BCUT2D eigenvalue weighted by molar-refractivity contribution is -0.115. The molecule has 0 bridgehead atoms. The molecule has 1 atom stereocenters. The van der Waals surface area contributed by atoms with E-state index in [1.165, 1.54) is 0 Å². The first-order valence-corrected chi connectivity index (χ1v) is 7.44. The van der Waals surface area contributed by atoms with Gasteiger partial charge in [-0.15, -0.1) is 0 Å². The van der Waals surface area contributed by atoms with E-state index in [2.05, 4.69) is 4.98 Å². The molecule has 0 saturated carbocycles. The number of thioether (sulfide) groups is 1. The summed E-state index contributed by atoms with van der Waals surface area (Å²) in [6.07, 6.45) is 0. The molecule has 2 rings (SSSR count). The van der Waals surface area contributed by atoms with Crippen LogP contribution in [0.5, 0.6) is 0 Å². The Hall–Kier alpha value is -1.86. The zero-order valence-electron chi connectivity index (χ0n) is 11.9. The number of amides is 1. The van der Waals surface area contributed by atoms with Crippen LogP contribution in [0.25, 0.3) is 10.9 Å². The van der Waals surface area contributed by atoms with Crippen molar-refractivity contribution in [2.75, 3.05) is 19.5 Å². The van der Waals surface area contributed by atoms with Crippen molar-refractivity contribution in [2.45, 2.75) is 18.1 Å². The summed E-state index contributed by atoms with van der Waals surface area (Å²) in [5, 5.41) is 1.02. The predicted octanol–water partition coefficient (Wildman–Crippen LogP) is 1.18. The van der Waals surface area contributed by atoms with Crippen LogP contribution in [0.2, 0.25) is 0 Å². The van der Waals surface area contributed by atoms with Gasteiger partial charge in [0.05, 0.1) is 29.3 Å². The van der Waals surface area contributed by atoms with Gasteiger partial charge in [-0.1, -0.05) is 23.9 Å². The van der Waals surface area contributed by atoms with Crippen molar-refractivity contribution in [1.82, 2.24) is 9.55 Å². The van der Waals surface area contributed by atoms with Crippen LogP contribution in [0.4, 0.5) is 0 Å². The number of methoxy groups -OCH3 is 1. The minimum atomic E-state index is -0.451. The van der Waals surface area contributed by atoms with E-state index < -0.39 is 5.91 Å². The van der Waals surface area contributed by atoms with Crippen LogP contribution in [-0.2, 0) is 9.53 Å². The van der Waals surface area contributed by atoms with Crippen molar-refractivity contribution in [3.05, 3.63) is 34.6 Å². The number of hydrogen-bond donors (Lipinski definition) is 1. The Kier molecular flexibility index (Phi) is 4.98. The maximum absolute atomic E-state index is 12.6. The first kappa shape index (κ1) is 15.5. The van der Waals surface area contributed by atoms with E-state index >= 15 is 0 Å². The van der Waals surface area contributed by atoms with Crippen molar-refractivity contribution in [2.24, 2.45) is 5.73 Å². The third kappa shape index (κ3) is 3.43. The molecule has 0 fully saturated rings. The van der Waals surface area contributed by atoms with Crippen LogP contribution >= 0.6 is 11.8 Å². The van der Waals surface area contributed by atoms with E-state index in [1.54, 1.807) is 29.9 Å². The molecule has 1 unspecified atom stereocenters. The lowest BCUT2D eigenvalue weighted by atomic mass is 10.2. The molecule has 1 heterocycles. The molecule has 0 spiro atoms. The van der Waals surface area contributed by atoms with Gasteiger partial charge in [0.1, 0.15) is 0 Å². The third-order valence-electron chi connectivity index (χ3n) is 2.97. The first-order valence-electron chi connectivity index (χ1n) is 6.46. The normalized spacial score (nSPS) is 12.5. The molecule has 21 heavy (non-hydrogen) atoms. The summed E-state index contributed by atoms with van der Waals surface area (Å²) in [6, 6.07) is 6.95. The molecule has 1 aromatic carbocycles. The Labute approximate surface area is 126 Å². The van der Waals surface area contributed by atoms with Gasteiger partial charge in [0, 0.05) is 7.11 Å². The van der Waals surface area contributed by atoms with E-state index in [4.69, 9.17) is 10.5 Å². The fraction of sp³-hybridized carbons (Fsp3) is 0.357. The number of primary amides is 1. The molecule has 2 N–H and O–H groups in total. The summed E-state index contributed by atoms with van der Waals surface area (Å²) >= 11 is 1.16. The summed E-state index contributed by atoms with van der Waals surface area (Å²) in [6.45, 7) is 2.25. The number of hydrogen-bond acceptors (Lipinski definition) is 5.